The molecule has 0 saturated carbocycles. The molecule has 16 heavy (non-hydrogen) atoms. The van der Waals surface area contributed by atoms with Crippen LogP contribution in [-0.2, 0) is 0 Å². The zero-order valence-corrected chi connectivity index (χ0v) is 8.80. The maximum atomic E-state index is 4.47. The van der Waals surface area contributed by atoms with E-state index in [1.165, 1.54) is 0 Å². The maximum absolute atomic E-state index is 4.47. The molecule has 2 heteroatoms. The molecule has 2 nitrogen and oxygen atoms in total. The van der Waals surface area contributed by atoms with Crippen LogP contribution in [0.1, 0.15) is 5.56 Å². The zero-order chi connectivity index (χ0) is 11.0. The van der Waals surface area contributed by atoms with Crippen LogP contribution in [0.5, 0.6) is 0 Å². The Labute approximate surface area is 94.9 Å². The predicted molar refractivity (Wildman–Crippen MR) is 67.6 cm³/mol. The molecule has 0 aliphatic carbocycles. The van der Waals surface area contributed by atoms with E-state index >= 15 is 0 Å². The lowest BCUT2D eigenvalue weighted by Gasteiger charge is -2.20. The molecule has 1 aliphatic rings. The summed E-state index contributed by atoms with van der Waals surface area (Å²) in [6.07, 6.45) is 1.89. The van der Waals surface area contributed by atoms with Crippen molar-refractivity contribution in [2.75, 3.05) is 4.90 Å². The van der Waals surface area contributed by atoms with Gasteiger partial charge in [0.2, 0.25) is 0 Å². The van der Waals surface area contributed by atoms with Crippen molar-refractivity contribution in [3.8, 4) is 0 Å². The number of para-hydroxylation sites is 3. The molecule has 1 radical (unpaired) electrons. The Morgan fingerprint density at radius 1 is 0.875 bits per heavy atom. The lowest BCUT2D eigenvalue weighted by molar-refractivity contribution is 1.28. The van der Waals surface area contributed by atoms with Crippen LogP contribution in [0.25, 0.3) is 0 Å². The van der Waals surface area contributed by atoms with E-state index in [0.717, 1.165) is 22.6 Å². The van der Waals surface area contributed by atoms with E-state index in [1.807, 2.05) is 53.6 Å². The first-order chi connectivity index (χ1) is 7.86. The summed E-state index contributed by atoms with van der Waals surface area (Å²) in [5, 5.41) is 0. The van der Waals surface area contributed by atoms with Crippen LogP contribution in [-0.4, -0.2) is 6.21 Å². The molecule has 0 spiro atoms. The van der Waals surface area contributed by atoms with Gasteiger partial charge in [0.25, 0.3) is 0 Å². The Bertz CT molecular complexity index is 509. The Morgan fingerprint density at radius 2 is 1.56 bits per heavy atom. The van der Waals surface area contributed by atoms with Crippen molar-refractivity contribution in [1.82, 2.24) is 0 Å². The fourth-order valence-electron chi connectivity index (χ4n) is 1.91. The first kappa shape index (κ1) is 9.16. The van der Waals surface area contributed by atoms with Gasteiger partial charge in [-0.05, 0) is 18.2 Å². The SMILES string of the molecule is [CH2]N1c2ccccc2C=Nc2ccccc21. The summed E-state index contributed by atoms with van der Waals surface area (Å²) in [7, 11) is 4.09. The average Bonchev–Trinajstić information content (AvgIpc) is 2.49. The third kappa shape index (κ3) is 1.31. The number of anilines is 2. The molecule has 1 aliphatic heterocycles. The number of rotatable bonds is 0. The molecular formula is C14H11N2. The molecule has 1 heterocycles. The molecule has 3 rings (SSSR count). The third-order valence-corrected chi connectivity index (χ3v) is 2.74. The minimum atomic E-state index is 0.953. The molecule has 77 valence electrons. The van der Waals surface area contributed by atoms with Gasteiger partial charge in [-0.1, -0.05) is 30.3 Å². The highest BCUT2D eigenvalue weighted by Crippen LogP contribution is 2.36. The summed E-state index contributed by atoms with van der Waals surface area (Å²) in [5.41, 5.74) is 4.15. The quantitative estimate of drug-likeness (QED) is 0.643. The summed E-state index contributed by atoms with van der Waals surface area (Å²) in [4.78, 5) is 6.40. The van der Waals surface area contributed by atoms with Gasteiger partial charge in [-0.25, -0.2) is 0 Å². The van der Waals surface area contributed by atoms with Gasteiger partial charge in [0, 0.05) is 18.8 Å². The van der Waals surface area contributed by atoms with Crippen molar-refractivity contribution >= 4 is 23.3 Å². The smallest absolute Gasteiger partial charge is 0.0866 e. The van der Waals surface area contributed by atoms with Crippen LogP contribution in [0.4, 0.5) is 17.1 Å². The summed E-state index contributed by atoms with van der Waals surface area (Å²) < 4.78 is 0. The number of hydrogen-bond donors (Lipinski definition) is 0. The zero-order valence-electron chi connectivity index (χ0n) is 8.80. The molecular weight excluding hydrogens is 196 g/mol. The van der Waals surface area contributed by atoms with Crippen molar-refractivity contribution in [2.45, 2.75) is 0 Å². The normalized spacial score (nSPS) is 12.9. The van der Waals surface area contributed by atoms with E-state index in [9.17, 15) is 0 Å². The highest BCUT2D eigenvalue weighted by molar-refractivity contribution is 5.95. The Morgan fingerprint density at radius 3 is 2.44 bits per heavy atom. The van der Waals surface area contributed by atoms with Crippen LogP contribution < -0.4 is 4.90 Å². The second-order valence-electron chi connectivity index (χ2n) is 3.73. The predicted octanol–water partition coefficient (Wildman–Crippen LogP) is 3.68. The number of fused-ring (bicyclic) bond motifs is 2. The van der Waals surface area contributed by atoms with Gasteiger partial charge in [0.1, 0.15) is 0 Å². The first-order valence-corrected chi connectivity index (χ1v) is 5.19. The van der Waals surface area contributed by atoms with Crippen molar-refractivity contribution in [3.05, 3.63) is 61.1 Å². The lowest BCUT2D eigenvalue weighted by Crippen LogP contribution is -2.07. The average molecular weight is 207 g/mol. The van der Waals surface area contributed by atoms with E-state index in [4.69, 9.17) is 0 Å². The highest BCUT2D eigenvalue weighted by Gasteiger charge is 2.13. The van der Waals surface area contributed by atoms with Crippen LogP contribution in [0.15, 0.2) is 53.5 Å². The molecule has 0 fully saturated rings. The van der Waals surface area contributed by atoms with Gasteiger partial charge in [-0.15, -0.1) is 0 Å². The Balaban J connectivity index is 2.26. The minimum Gasteiger partial charge on any atom is -0.337 e. The largest absolute Gasteiger partial charge is 0.337 e. The molecule has 2 aromatic rings. The topological polar surface area (TPSA) is 15.6 Å². The van der Waals surface area contributed by atoms with Crippen molar-refractivity contribution in [2.24, 2.45) is 4.99 Å². The van der Waals surface area contributed by atoms with E-state index in [2.05, 4.69) is 18.1 Å². The van der Waals surface area contributed by atoms with Crippen molar-refractivity contribution in [3.63, 3.8) is 0 Å². The molecule has 0 aromatic heterocycles. The van der Waals surface area contributed by atoms with E-state index in [-0.39, 0.29) is 0 Å². The molecule has 0 unspecified atom stereocenters. The van der Waals surface area contributed by atoms with Crippen LogP contribution >= 0.6 is 0 Å². The summed E-state index contributed by atoms with van der Waals surface area (Å²) in [6, 6.07) is 16.1. The lowest BCUT2D eigenvalue weighted by atomic mass is 10.1. The Hall–Kier alpha value is -2.09. The number of nitrogens with zero attached hydrogens (tertiary/aromatic N) is 2. The summed E-state index contributed by atoms with van der Waals surface area (Å²) in [6.45, 7) is 0. The Kier molecular flexibility index (Phi) is 2.00. The third-order valence-electron chi connectivity index (χ3n) is 2.74. The molecule has 2 aromatic carbocycles. The van der Waals surface area contributed by atoms with Crippen LogP contribution in [0.3, 0.4) is 0 Å². The van der Waals surface area contributed by atoms with Gasteiger partial charge in [-0.2, -0.15) is 0 Å². The number of aliphatic imine (C=N–C) groups is 1. The number of benzene rings is 2. The second-order valence-corrected chi connectivity index (χ2v) is 3.73. The fourth-order valence-corrected chi connectivity index (χ4v) is 1.91. The monoisotopic (exact) mass is 207 g/mol. The molecule has 0 atom stereocenters. The van der Waals surface area contributed by atoms with Crippen LogP contribution in [0.2, 0.25) is 0 Å². The number of hydrogen-bond acceptors (Lipinski definition) is 2. The van der Waals surface area contributed by atoms with E-state index < -0.39 is 0 Å². The van der Waals surface area contributed by atoms with Gasteiger partial charge in [-0.3, -0.25) is 4.99 Å². The van der Waals surface area contributed by atoms with E-state index in [0.29, 0.717) is 0 Å². The van der Waals surface area contributed by atoms with Crippen LogP contribution in [0, 0.1) is 7.05 Å². The van der Waals surface area contributed by atoms with E-state index in [1.54, 1.807) is 0 Å². The summed E-state index contributed by atoms with van der Waals surface area (Å²) in [5.74, 6) is 0. The summed E-state index contributed by atoms with van der Waals surface area (Å²) >= 11 is 0. The minimum absolute atomic E-state index is 0.953. The molecule has 0 bridgehead atoms. The van der Waals surface area contributed by atoms with Crippen molar-refractivity contribution < 1.29 is 0 Å². The van der Waals surface area contributed by atoms with Gasteiger partial charge in [0.05, 0.1) is 17.1 Å². The standard InChI is InChI=1S/C14H11N2/c1-16-13-8-4-2-6-11(13)10-15-12-7-3-5-9-14(12)16/h2-10H,1H2. The molecule has 0 amide bonds. The van der Waals surface area contributed by atoms with Gasteiger partial charge < -0.3 is 4.90 Å². The molecule has 0 N–H and O–H groups in total. The molecule has 0 saturated heterocycles. The highest BCUT2D eigenvalue weighted by atomic mass is 15.1. The van der Waals surface area contributed by atoms with Crippen molar-refractivity contribution in [1.29, 1.82) is 0 Å². The second kappa shape index (κ2) is 3.49. The maximum Gasteiger partial charge on any atom is 0.0866 e. The first-order valence-electron chi connectivity index (χ1n) is 5.19. The van der Waals surface area contributed by atoms with Gasteiger partial charge >= 0.3 is 0 Å². The fraction of sp³-hybridized carbons (Fsp3) is 0. The van der Waals surface area contributed by atoms with Gasteiger partial charge in [0.15, 0.2) is 0 Å².